The van der Waals surface area contributed by atoms with Crippen molar-refractivity contribution in [3.05, 3.63) is 59.7 Å². The molecule has 0 heterocycles. The molecule has 0 saturated heterocycles. The number of hydrogen-bond acceptors (Lipinski definition) is 4. The lowest BCUT2D eigenvalue weighted by atomic mass is 10.0. The summed E-state index contributed by atoms with van der Waals surface area (Å²) in [6.45, 7) is 5.38. The second kappa shape index (κ2) is 10.3. The zero-order valence-electron chi connectivity index (χ0n) is 17.6. The van der Waals surface area contributed by atoms with Crippen molar-refractivity contribution < 1.29 is 9.47 Å². The monoisotopic (exact) mass is 370 g/mol. The van der Waals surface area contributed by atoms with Gasteiger partial charge in [-0.05, 0) is 62.3 Å². The third-order valence-electron chi connectivity index (χ3n) is 5.28. The summed E-state index contributed by atoms with van der Waals surface area (Å²) in [5, 5.41) is 0. The first-order chi connectivity index (χ1) is 13.0. The first-order valence-electron chi connectivity index (χ1n) is 9.72. The fourth-order valence-electron chi connectivity index (χ4n) is 3.80. The van der Waals surface area contributed by atoms with Gasteiger partial charge >= 0.3 is 0 Å². The van der Waals surface area contributed by atoms with Gasteiger partial charge in [-0.25, -0.2) is 0 Å². The van der Waals surface area contributed by atoms with Gasteiger partial charge in [0.2, 0.25) is 0 Å². The summed E-state index contributed by atoms with van der Waals surface area (Å²) in [7, 11) is 7.82. The van der Waals surface area contributed by atoms with E-state index in [0.717, 1.165) is 31.0 Å². The van der Waals surface area contributed by atoms with Crippen LogP contribution in [0.2, 0.25) is 0 Å². The van der Waals surface area contributed by atoms with Crippen LogP contribution in [0.5, 0.6) is 11.5 Å². The van der Waals surface area contributed by atoms with E-state index in [4.69, 9.17) is 9.47 Å². The number of rotatable bonds is 10. The molecule has 0 saturated carbocycles. The van der Waals surface area contributed by atoms with E-state index < -0.39 is 0 Å². The van der Waals surface area contributed by atoms with Crippen LogP contribution in [-0.4, -0.2) is 44.8 Å². The second-order valence-corrected chi connectivity index (χ2v) is 7.05. The maximum absolute atomic E-state index is 5.29. The summed E-state index contributed by atoms with van der Waals surface area (Å²) in [6.07, 6.45) is 2.13. The van der Waals surface area contributed by atoms with Crippen LogP contribution in [0.4, 0.5) is 0 Å². The Labute approximate surface area is 164 Å². The summed E-state index contributed by atoms with van der Waals surface area (Å²) < 4.78 is 10.6. The van der Waals surface area contributed by atoms with E-state index >= 15 is 0 Å². The minimum Gasteiger partial charge on any atom is -0.497 e. The van der Waals surface area contributed by atoms with Crippen molar-refractivity contribution in [2.75, 3.05) is 35.0 Å². The van der Waals surface area contributed by atoms with Gasteiger partial charge in [0.15, 0.2) is 0 Å². The van der Waals surface area contributed by atoms with Gasteiger partial charge in [0.05, 0.1) is 20.9 Å². The highest BCUT2D eigenvalue weighted by molar-refractivity contribution is 5.30. The molecule has 0 aliphatic rings. The molecule has 148 valence electrons. The Morgan fingerprint density at radius 2 is 1.00 bits per heavy atom. The molecule has 0 aliphatic carbocycles. The topological polar surface area (TPSA) is 24.9 Å². The Balaban J connectivity index is 2.08. The van der Waals surface area contributed by atoms with Crippen LogP contribution in [0.3, 0.4) is 0 Å². The predicted molar refractivity (Wildman–Crippen MR) is 112 cm³/mol. The van der Waals surface area contributed by atoms with Crippen LogP contribution in [0, 0.1) is 0 Å². The molecule has 2 aromatic rings. The predicted octanol–water partition coefficient (Wildman–Crippen LogP) is 5.13. The van der Waals surface area contributed by atoms with Crippen LogP contribution in [0.15, 0.2) is 48.5 Å². The Morgan fingerprint density at radius 1 is 0.667 bits per heavy atom. The maximum atomic E-state index is 5.29. The quantitative estimate of drug-likeness (QED) is 0.542. The van der Waals surface area contributed by atoms with Crippen molar-refractivity contribution >= 4 is 0 Å². The molecule has 0 aromatic heterocycles. The molecule has 4 heteroatoms. The molecule has 0 unspecified atom stereocenters. The molecule has 0 fully saturated rings. The Morgan fingerprint density at radius 3 is 1.26 bits per heavy atom. The highest BCUT2D eigenvalue weighted by Crippen LogP contribution is 2.28. The first-order valence-corrected chi connectivity index (χ1v) is 9.72. The van der Waals surface area contributed by atoms with E-state index in [9.17, 15) is 0 Å². The number of ether oxygens (including phenoxy) is 2. The minimum absolute atomic E-state index is 0.381. The van der Waals surface area contributed by atoms with Crippen LogP contribution >= 0.6 is 0 Å². The zero-order chi connectivity index (χ0) is 19.8. The van der Waals surface area contributed by atoms with Gasteiger partial charge in [-0.3, -0.25) is 9.80 Å². The van der Waals surface area contributed by atoms with Gasteiger partial charge in [0, 0.05) is 12.1 Å². The third kappa shape index (κ3) is 5.47. The molecule has 0 spiro atoms. The molecular weight excluding hydrogens is 336 g/mol. The molecule has 0 radical (unpaired) electrons. The summed E-state index contributed by atoms with van der Waals surface area (Å²) in [6, 6.07) is 17.6. The standard InChI is InChI=1S/C23H34N2O2/c1-7-22(18-9-13-20(26-5)14-10-18)24(3)17-25(4)23(8-2)19-11-15-21(27-6)16-12-19/h9-16,22-23H,7-8,17H2,1-6H3/t22-,23-/m1/s1. The average molecular weight is 371 g/mol. The molecular formula is C23H34N2O2. The van der Waals surface area contributed by atoms with Crippen LogP contribution in [-0.2, 0) is 0 Å². The Bertz CT molecular complexity index is 610. The summed E-state index contributed by atoms with van der Waals surface area (Å²) in [4.78, 5) is 4.85. The minimum atomic E-state index is 0.381. The molecule has 2 atom stereocenters. The largest absolute Gasteiger partial charge is 0.497 e. The lowest BCUT2D eigenvalue weighted by molar-refractivity contribution is 0.101. The highest BCUT2D eigenvalue weighted by Gasteiger charge is 2.21. The van der Waals surface area contributed by atoms with Crippen molar-refractivity contribution in [2.24, 2.45) is 0 Å². The van der Waals surface area contributed by atoms with Crippen molar-refractivity contribution in [3.63, 3.8) is 0 Å². The molecule has 4 nitrogen and oxygen atoms in total. The first kappa shape index (κ1) is 21.3. The molecule has 27 heavy (non-hydrogen) atoms. The SMILES string of the molecule is CC[C@H](c1ccc(OC)cc1)N(C)CN(C)[C@H](CC)c1ccc(OC)cc1. The summed E-state index contributed by atoms with van der Waals surface area (Å²) >= 11 is 0. The number of nitrogens with zero attached hydrogens (tertiary/aromatic N) is 2. The van der Waals surface area contributed by atoms with Gasteiger partial charge in [-0.2, -0.15) is 0 Å². The van der Waals surface area contributed by atoms with E-state index in [1.54, 1.807) is 14.2 Å². The van der Waals surface area contributed by atoms with Gasteiger partial charge in [0.1, 0.15) is 11.5 Å². The van der Waals surface area contributed by atoms with E-state index in [1.807, 2.05) is 24.3 Å². The molecule has 2 aromatic carbocycles. The fourth-order valence-corrected chi connectivity index (χ4v) is 3.80. The lowest BCUT2D eigenvalue weighted by Crippen LogP contribution is -2.37. The fraction of sp³-hybridized carbons (Fsp3) is 0.478. The molecule has 0 N–H and O–H groups in total. The second-order valence-electron chi connectivity index (χ2n) is 7.05. The smallest absolute Gasteiger partial charge is 0.118 e. The number of benzene rings is 2. The van der Waals surface area contributed by atoms with Crippen LogP contribution in [0.1, 0.15) is 49.9 Å². The molecule has 0 bridgehead atoms. The van der Waals surface area contributed by atoms with E-state index in [-0.39, 0.29) is 0 Å². The third-order valence-corrected chi connectivity index (χ3v) is 5.28. The van der Waals surface area contributed by atoms with Crippen LogP contribution in [0.25, 0.3) is 0 Å². The molecule has 0 aliphatic heterocycles. The van der Waals surface area contributed by atoms with Gasteiger partial charge in [-0.15, -0.1) is 0 Å². The average Bonchev–Trinajstić information content (AvgIpc) is 2.70. The Kier molecular flexibility index (Phi) is 8.14. The van der Waals surface area contributed by atoms with Crippen molar-refractivity contribution in [1.82, 2.24) is 9.80 Å². The number of hydrogen-bond donors (Lipinski definition) is 0. The van der Waals surface area contributed by atoms with Crippen molar-refractivity contribution in [1.29, 1.82) is 0 Å². The summed E-state index contributed by atoms with van der Waals surface area (Å²) in [5.41, 5.74) is 2.65. The van der Waals surface area contributed by atoms with E-state index in [0.29, 0.717) is 12.1 Å². The van der Waals surface area contributed by atoms with Crippen molar-refractivity contribution in [2.45, 2.75) is 38.8 Å². The Hall–Kier alpha value is -2.04. The zero-order valence-corrected chi connectivity index (χ0v) is 17.6. The highest BCUT2D eigenvalue weighted by atomic mass is 16.5. The van der Waals surface area contributed by atoms with Crippen LogP contribution < -0.4 is 9.47 Å². The van der Waals surface area contributed by atoms with Gasteiger partial charge in [-0.1, -0.05) is 38.1 Å². The molecule has 2 rings (SSSR count). The number of methoxy groups -OCH3 is 2. The van der Waals surface area contributed by atoms with Gasteiger partial charge in [0.25, 0.3) is 0 Å². The normalized spacial score (nSPS) is 13.6. The van der Waals surface area contributed by atoms with E-state index in [1.165, 1.54) is 11.1 Å². The van der Waals surface area contributed by atoms with Gasteiger partial charge < -0.3 is 9.47 Å². The molecule has 0 amide bonds. The van der Waals surface area contributed by atoms with Crippen molar-refractivity contribution in [3.8, 4) is 11.5 Å². The lowest BCUT2D eigenvalue weighted by Gasteiger charge is -2.35. The van der Waals surface area contributed by atoms with E-state index in [2.05, 4.69) is 62.0 Å². The maximum Gasteiger partial charge on any atom is 0.118 e. The summed E-state index contributed by atoms with van der Waals surface area (Å²) in [5.74, 6) is 1.80.